The van der Waals surface area contributed by atoms with Crippen molar-refractivity contribution in [1.29, 1.82) is 0 Å². The van der Waals surface area contributed by atoms with E-state index in [2.05, 4.69) is 52.4 Å². The van der Waals surface area contributed by atoms with Crippen molar-refractivity contribution in [2.24, 2.45) is 0 Å². The zero-order valence-electron chi connectivity index (χ0n) is 13.4. The molecule has 1 atom stereocenters. The first-order chi connectivity index (χ1) is 9.58. The van der Waals surface area contributed by atoms with E-state index in [0.29, 0.717) is 6.04 Å². The summed E-state index contributed by atoms with van der Waals surface area (Å²) >= 11 is 0. The summed E-state index contributed by atoms with van der Waals surface area (Å²) in [5.41, 5.74) is 0. The van der Waals surface area contributed by atoms with E-state index in [1.807, 2.05) is 6.33 Å². The number of rotatable bonds is 6. The maximum atomic E-state index is 4.24. The Bertz CT molecular complexity index is 401. The summed E-state index contributed by atoms with van der Waals surface area (Å²) in [5.74, 6) is 1.06. The molecule has 1 aliphatic heterocycles. The smallest absolute Gasteiger partial charge is 0.147 e. The molecule has 0 N–H and O–H groups in total. The zero-order chi connectivity index (χ0) is 14.5. The van der Waals surface area contributed by atoms with Crippen LogP contribution in [0.2, 0.25) is 0 Å². The first kappa shape index (κ1) is 15.4. The van der Waals surface area contributed by atoms with Crippen LogP contribution >= 0.6 is 0 Å². The third-order valence-corrected chi connectivity index (χ3v) is 4.32. The highest BCUT2D eigenvalue weighted by atomic mass is 15.3. The first-order valence-corrected chi connectivity index (χ1v) is 7.89. The second-order valence-electron chi connectivity index (χ2n) is 6.37. The number of aromatic nitrogens is 3. The van der Waals surface area contributed by atoms with Crippen molar-refractivity contribution in [2.75, 3.05) is 26.7 Å². The van der Waals surface area contributed by atoms with Gasteiger partial charge in [0.25, 0.3) is 0 Å². The molecule has 1 aromatic rings. The van der Waals surface area contributed by atoms with Gasteiger partial charge >= 0.3 is 0 Å². The van der Waals surface area contributed by atoms with Crippen LogP contribution in [0.25, 0.3) is 0 Å². The highest BCUT2D eigenvalue weighted by molar-refractivity contribution is 4.88. The summed E-state index contributed by atoms with van der Waals surface area (Å²) in [7, 11) is 2.17. The number of hydrogen-bond acceptors (Lipinski definition) is 4. The molecule has 5 nitrogen and oxygen atoms in total. The Labute approximate surface area is 123 Å². The SMILES string of the molecule is CC(C)n1cnnc1CN(C)CCN1CCCC[C@H]1C. The molecule has 0 aromatic carbocycles. The highest BCUT2D eigenvalue weighted by Crippen LogP contribution is 2.16. The number of piperidine rings is 1. The van der Waals surface area contributed by atoms with E-state index in [-0.39, 0.29) is 0 Å². The molecule has 0 radical (unpaired) electrons. The van der Waals surface area contributed by atoms with Gasteiger partial charge in [0.2, 0.25) is 0 Å². The summed E-state index contributed by atoms with van der Waals surface area (Å²) in [4.78, 5) is 4.97. The Morgan fingerprint density at radius 3 is 2.90 bits per heavy atom. The van der Waals surface area contributed by atoms with Gasteiger partial charge in [-0.2, -0.15) is 0 Å². The summed E-state index contributed by atoms with van der Waals surface area (Å²) < 4.78 is 2.15. The minimum absolute atomic E-state index is 0.426. The molecular formula is C15H29N5. The second kappa shape index (κ2) is 7.18. The number of likely N-dealkylation sites (tertiary alicyclic amines) is 1. The van der Waals surface area contributed by atoms with E-state index < -0.39 is 0 Å². The lowest BCUT2D eigenvalue weighted by atomic mass is 10.0. The van der Waals surface area contributed by atoms with Crippen LogP contribution in [-0.2, 0) is 6.54 Å². The van der Waals surface area contributed by atoms with Crippen LogP contribution in [-0.4, -0.2) is 57.3 Å². The van der Waals surface area contributed by atoms with Crippen molar-refractivity contribution < 1.29 is 0 Å². The Morgan fingerprint density at radius 2 is 2.20 bits per heavy atom. The largest absolute Gasteiger partial charge is 0.314 e. The van der Waals surface area contributed by atoms with E-state index in [9.17, 15) is 0 Å². The molecule has 2 rings (SSSR count). The molecule has 2 heterocycles. The van der Waals surface area contributed by atoms with E-state index in [1.54, 1.807) is 0 Å². The van der Waals surface area contributed by atoms with Gasteiger partial charge in [0.1, 0.15) is 12.2 Å². The molecule has 5 heteroatoms. The Morgan fingerprint density at radius 1 is 1.40 bits per heavy atom. The van der Waals surface area contributed by atoms with Gasteiger partial charge in [-0.1, -0.05) is 6.42 Å². The summed E-state index contributed by atoms with van der Waals surface area (Å²) in [6, 6.07) is 1.17. The fourth-order valence-corrected chi connectivity index (χ4v) is 2.92. The predicted molar refractivity (Wildman–Crippen MR) is 81.6 cm³/mol. The predicted octanol–water partition coefficient (Wildman–Crippen LogP) is 2.17. The average Bonchev–Trinajstić information content (AvgIpc) is 2.86. The number of nitrogens with zero attached hydrogens (tertiary/aromatic N) is 5. The molecule has 0 saturated carbocycles. The van der Waals surface area contributed by atoms with Crippen molar-refractivity contribution >= 4 is 0 Å². The lowest BCUT2D eigenvalue weighted by molar-refractivity contribution is 0.140. The van der Waals surface area contributed by atoms with Gasteiger partial charge < -0.3 is 4.57 Å². The van der Waals surface area contributed by atoms with Crippen LogP contribution < -0.4 is 0 Å². The van der Waals surface area contributed by atoms with Gasteiger partial charge in [0.15, 0.2) is 0 Å². The molecule has 0 bridgehead atoms. The molecule has 20 heavy (non-hydrogen) atoms. The Balaban J connectivity index is 1.80. The van der Waals surface area contributed by atoms with E-state index in [4.69, 9.17) is 0 Å². The molecule has 1 saturated heterocycles. The van der Waals surface area contributed by atoms with Crippen LogP contribution in [0.1, 0.15) is 51.9 Å². The van der Waals surface area contributed by atoms with Gasteiger partial charge in [-0.3, -0.25) is 9.80 Å². The van der Waals surface area contributed by atoms with Gasteiger partial charge in [-0.05, 0) is 47.2 Å². The summed E-state index contributed by atoms with van der Waals surface area (Å²) in [5, 5.41) is 8.28. The van der Waals surface area contributed by atoms with Crippen LogP contribution in [0.3, 0.4) is 0 Å². The Hall–Kier alpha value is -0.940. The molecule has 0 unspecified atom stereocenters. The molecule has 0 aliphatic carbocycles. The maximum absolute atomic E-state index is 4.24. The third kappa shape index (κ3) is 4.03. The normalized spacial score (nSPS) is 21.0. The quantitative estimate of drug-likeness (QED) is 0.800. The molecule has 1 fully saturated rings. The van der Waals surface area contributed by atoms with Crippen LogP contribution in [0.4, 0.5) is 0 Å². The second-order valence-corrected chi connectivity index (χ2v) is 6.37. The molecule has 0 amide bonds. The van der Waals surface area contributed by atoms with Crippen LogP contribution in [0.5, 0.6) is 0 Å². The lowest BCUT2D eigenvalue weighted by Gasteiger charge is -2.34. The van der Waals surface area contributed by atoms with Crippen molar-refractivity contribution in [3.63, 3.8) is 0 Å². The fourth-order valence-electron chi connectivity index (χ4n) is 2.92. The minimum Gasteiger partial charge on any atom is -0.314 e. The van der Waals surface area contributed by atoms with Gasteiger partial charge in [0, 0.05) is 25.2 Å². The zero-order valence-corrected chi connectivity index (χ0v) is 13.4. The van der Waals surface area contributed by atoms with Crippen LogP contribution in [0, 0.1) is 0 Å². The number of hydrogen-bond donors (Lipinski definition) is 0. The van der Waals surface area contributed by atoms with E-state index >= 15 is 0 Å². The van der Waals surface area contributed by atoms with Gasteiger partial charge in [0.05, 0.1) is 6.54 Å². The van der Waals surface area contributed by atoms with Gasteiger partial charge in [-0.25, -0.2) is 0 Å². The molecule has 114 valence electrons. The summed E-state index contributed by atoms with van der Waals surface area (Å²) in [6.45, 7) is 11.1. The molecule has 0 spiro atoms. The average molecular weight is 279 g/mol. The van der Waals surface area contributed by atoms with Crippen molar-refractivity contribution in [1.82, 2.24) is 24.6 Å². The summed E-state index contributed by atoms with van der Waals surface area (Å²) in [6.07, 6.45) is 5.94. The van der Waals surface area contributed by atoms with Crippen molar-refractivity contribution in [3.8, 4) is 0 Å². The molecule has 1 aromatic heterocycles. The van der Waals surface area contributed by atoms with Gasteiger partial charge in [-0.15, -0.1) is 10.2 Å². The van der Waals surface area contributed by atoms with Crippen molar-refractivity contribution in [3.05, 3.63) is 12.2 Å². The highest BCUT2D eigenvalue weighted by Gasteiger charge is 2.18. The molecule has 1 aliphatic rings. The number of likely N-dealkylation sites (N-methyl/N-ethyl adjacent to an activating group) is 1. The molecular weight excluding hydrogens is 250 g/mol. The first-order valence-electron chi connectivity index (χ1n) is 7.89. The third-order valence-electron chi connectivity index (χ3n) is 4.32. The maximum Gasteiger partial charge on any atom is 0.147 e. The van der Waals surface area contributed by atoms with E-state index in [0.717, 1.165) is 31.5 Å². The van der Waals surface area contributed by atoms with E-state index in [1.165, 1.54) is 25.8 Å². The fraction of sp³-hybridized carbons (Fsp3) is 0.867. The topological polar surface area (TPSA) is 37.2 Å². The Kier molecular flexibility index (Phi) is 5.54. The minimum atomic E-state index is 0.426. The lowest BCUT2D eigenvalue weighted by Crippen LogP contribution is -2.41. The monoisotopic (exact) mass is 279 g/mol. The van der Waals surface area contributed by atoms with Crippen LogP contribution in [0.15, 0.2) is 6.33 Å². The standard InChI is InChI=1S/C15H29N5/c1-13(2)20-12-16-17-15(20)11-18(4)9-10-19-8-6-5-7-14(19)3/h12-14H,5-11H2,1-4H3/t14-/m1/s1. The van der Waals surface area contributed by atoms with Crippen molar-refractivity contribution in [2.45, 2.75) is 58.7 Å².